The van der Waals surface area contributed by atoms with E-state index in [-0.39, 0.29) is 18.3 Å². The van der Waals surface area contributed by atoms with Crippen LogP contribution in [0.25, 0.3) is 0 Å². The monoisotopic (exact) mass is 361 g/mol. The molecule has 0 spiro atoms. The molecule has 148 valence electrons. The molecule has 2 rings (SSSR count). The van der Waals surface area contributed by atoms with E-state index < -0.39 is 0 Å². The highest BCUT2D eigenvalue weighted by atomic mass is 16.7. The zero-order valence-electron chi connectivity index (χ0n) is 17.7. The van der Waals surface area contributed by atoms with Crippen LogP contribution in [0.4, 0.5) is 0 Å². The Morgan fingerprint density at radius 1 is 0.885 bits per heavy atom. The van der Waals surface area contributed by atoms with E-state index in [1.54, 1.807) is 0 Å². The van der Waals surface area contributed by atoms with Gasteiger partial charge in [-0.3, -0.25) is 0 Å². The van der Waals surface area contributed by atoms with Crippen LogP contribution >= 0.6 is 0 Å². The minimum Gasteiger partial charge on any atom is -0.403 e. The van der Waals surface area contributed by atoms with E-state index in [0.29, 0.717) is 12.2 Å². The lowest BCUT2D eigenvalue weighted by molar-refractivity contribution is 0.00578. The van der Waals surface area contributed by atoms with Gasteiger partial charge in [0.15, 0.2) is 0 Å². The highest BCUT2D eigenvalue weighted by molar-refractivity contribution is 6.47. The van der Waals surface area contributed by atoms with Crippen LogP contribution in [0, 0.1) is 17.2 Å². The molecule has 4 heteroatoms. The van der Waals surface area contributed by atoms with Crippen LogP contribution in [0.1, 0.15) is 111 Å². The molecule has 1 saturated carbocycles. The molecule has 2 fully saturated rings. The van der Waals surface area contributed by atoms with Crippen LogP contribution in [0.2, 0.25) is 5.82 Å². The molecule has 0 radical (unpaired) electrons. The second kappa shape index (κ2) is 10.1. The van der Waals surface area contributed by atoms with Gasteiger partial charge in [-0.25, -0.2) is 0 Å². The van der Waals surface area contributed by atoms with E-state index in [2.05, 4.69) is 33.8 Å². The van der Waals surface area contributed by atoms with Crippen LogP contribution < -0.4 is 0 Å². The molecule has 0 aromatic carbocycles. The fraction of sp³-hybridized carbons (Fsp3) is 0.955. The topological polar surface area (TPSA) is 42.2 Å². The third kappa shape index (κ3) is 5.99. The van der Waals surface area contributed by atoms with Crippen LogP contribution in [0.3, 0.4) is 0 Å². The fourth-order valence-corrected chi connectivity index (χ4v) is 4.51. The molecule has 0 amide bonds. The molecule has 2 aliphatic rings. The first-order valence-corrected chi connectivity index (χ1v) is 11.1. The van der Waals surface area contributed by atoms with E-state index in [1.165, 1.54) is 70.6 Å². The van der Waals surface area contributed by atoms with E-state index in [1.807, 2.05) is 0 Å². The van der Waals surface area contributed by atoms with Crippen molar-refractivity contribution in [3.05, 3.63) is 0 Å². The van der Waals surface area contributed by atoms with Gasteiger partial charge in [0.2, 0.25) is 0 Å². The van der Waals surface area contributed by atoms with E-state index >= 15 is 0 Å². The highest BCUT2D eigenvalue weighted by Crippen LogP contribution is 2.46. The quantitative estimate of drug-likeness (QED) is 0.322. The van der Waals surface area contributed by atoms with Gasteiger partial charge in [0.25, 0.3) is 0 Å². The first kappa shape index (κ1) is 21.8. The predicted molar refractivity (Wildman–Crippen MR) is 109 cm³/mol. The van der Waals surface area contributed by atoms with Gasteiger partial charge in [0.05, 0.1) is 17.3 Å². The van der Waals surface area contributed by atoms with Crippen molar-refractivity contribution in [2.24, 2.45) is 5.92 Å². The number of rotatable bonds is 10. The zero-order valence-corrected chi connectivity index (χ0v) is 17.7. The first-order valence-electron chi connectivity index (χ1n) is 11.1. The van der Waals surface area contributed by atoms with Gasteiger partial charge in [-0.05, 0) is 45.9 Å². The molecule has 0 N–H and O–H groups in total. The lowest BCUT2D eigenvalue weighted by Gasteiger charge is -2.32. The molecule has 3 nitrogen and oxygen atoms in total. The summed E-state index contributed by atoms with van der Waals surface area (Å²) < 4.78 is 12.9. The minimum atomic E-state index is -0.217. The number of hydrogen-bond donors (Lipinski definition) is 0. The first-order chi connectivity index (χ1) is 12.4. The molecular formula is C22H40BNO2. The third-order valence-electron chi connectivity index (χ3n) is 6.95. The van der Waals surface area contributed by atoms with E-state index in [4.69, 9.17) is 14.6 Å². The van der Waals surface area contributed by atoms with Gasteiger partial charge in [-0.15, -0.1) is 0 Å². The normalized spacial score (nSPS) is 23.7. The van der Waals surface area contributed by atoms with Crippen molar-refractivity contribution in [1.29, 1.82) is 5.26 Å². The average molecular weight is 361 g/mol. The van der Waals surface area contributed by atoms with Crippen molar-refractivity contribution >= 4 is 7.12 Å². The average Bonchev–Trinajstić information content (AvgIpc) is 2.81. The SMILES string of the molecule is CC1(C)OB(C(CCCCCCCCC#N)C2CCCCC2)OC1(C)C. The number of nitriles is 1. The van der Waals surface area contributed by atoms with Crippen molar-refractivity contribution in [2.45, 2.75) is 128 Å². The number of hydrogen-bond acceptors (Lipinski definition) is 3. The maximum Gasteiger partial charge on any atom is 0.461 e. The molecular weight excluding hydrogens is 321 g/mol. The minimum absolute atomic E-state index is 0.0290. The molecule has 0 aromatic rings. The molecule has 0 aromatic heterocycles. The van der Waals surface area contributed by atoms with Gasteiger partial charge in [0.1, 0.15) is 0 Å². The Bertz CT molecular complexity index is 436. The Balaban J connectivity index is 1.82. The van der Waals surface area contributed by atoms with Gasteiger partial charge in [-0.2, -0.15) is 5.26 Å². The molecule has 1 aliphatic heterocycles. The van der Waals surface area contributed by atoms with Crippen LogP contribution in [-0.2, 0) is 9.31 Å². The molecule has 26 heavy (non-hydrogen) atoms. The van der Waals surface area contributed by atoms with Crippen molar-refractivity contribution in [1.82, 2.24) is 0 Å². The lowest BCUT2D eigenvalue weighted by atomic mass is 9.59. The molecule has 1 heterocycles. The number of unbranched alkanes of at least 4 members (excludes halogenated alkanes) is 6. The summed E-state index contributed by atoms with van der Waals surface area (Å²) in [7, 11) is -0.0290. The van der Waals surface area contributed by atoms with Gasteiger partial charge < -0.3 is 9.31 Å². The summed E-state index contributed by atoms with van der Waals surface area (Å²) in [6.07, 6.45) is 16.2. The third-order valence-corrected chi connectivity index (χ3v) is 6.95. The summed E-state index contributed by atoms with van der Waals surface area (Å²) in [5.41, 5.74) is -0.434. The Labute approximate surface area is 162 Å². The second-order valence-electron chi connectivity index (χ2n) is 9.50. The molecule has 1 atom stereocenters. The highest BCUT2D eigenvalue weighted by Gasteiger charge is 2.54. The zero-order chi connectivity index (χ0) is 19.0. The maximum atomic E-state index is 8.60. The van der Waals surface area contributed by atoms with Crippen molar-refractivity contribution in [3.8, 4) is 6.07 Å². The second-order valence-corrected chi connectivity index (χ2v) is 9.50. The Morgan fingerprint density at radius 3 is 2.00 bits per heavy atom. The number of nitrogens with zero attached hydrogens (tertiary/aromatic N) is 1. The predicted octanol–water partition coefficient (Wildman–Crippen LogP) is 6.67. The fourth-order valence-electron chi connectivity index (χ4n) is 4.51. The molecule has 1 unspecified atom stereocenters. The van der Waals surface area contributed by atoms with Gasteiger partial charge >= 0.3 is 7.12 Å². The Morgan fingerprint density at radius 2 is 1.42 bits per heavy atom. The standard InChI is InChI=1S/C22H40BNO2/c1-21(2)22(3,4)26-23(25-21)20(19-15-11-10-12-16-19)17-13-8-6-5-7-9-14-18-24/h19-20H,5-17H2,1-4H3. The largest absolute Gasteiger partial charge is 0.461 e. The molecule has 0 bridgehead atoms. The van der Waals surface area contributed by atoms with Gasteiger partial charge in [-0.1, -0.05) is 70.6 Å². The molecule has 1 aliphatic carbocycles. The summed E-state index contributed by atoms with van der Waals surface area (Å²) in [6, 6.07) is 2.24. The Kier molecular flexibility index (Phi) is 8.49. The summed E-state index contributed by atoms with van der Waals surface area (Å²) in [6.45, 7) is 8.69. The Hall–Kier alpha value is -0.525. The van der Waals surface area contributed by atoms with Crippen molar-refractivity contribution in [3.63, 3.8) is 0 Å². The van der Waals surface area contributed by atoms with Crippen LogP contribution in [0.5, 0.6) is 0 Å². The molecule has 1 saturated heterocycles. The van der Waals surface area contributed by atoms with Crippen LogP contribution in [-0.4, -0.2) is 18.3 Å². The van der Waals surface area contributed by atoms with E-state index in [0.717, 1.165) is 12.3 Å². The summed E-state index contributed by atoms with van der Waals surface area (Å²) in [5, 5.41) is 8.60. The van der Waals surface area contributed by atoms with Crippen molar-refractivity contribution in [2.75, 3.05) is 0 Å². The summed E-state index contributed by atoms with van der Waals surface area (Å²) in [4.78, 5) is 0. The summed E-state index contributed by atoms with van der Waals surface area (Å²) >= 11 is 0. The summed E-state index contributed by atoms with van der Waals surface area (Å²) in [5.74, 6) is 1.32. The maximum absolute atomic E-state index is 8.60. The lowest BCUT2D eigenvalue weighted by Crippen LogP contribution is -2.41. The van der Waals surface area contributed by atoms with Gasteiger partial charge in [0, 0.05) is 6.42 Å². The smallest absolute Gasteiger partial charge is 0.403 e. The van der Waals surface area contributed by atoms with Crippen molar-refractivity contribution < 1.29 is 9.31 Å². The van der Waals surface area contributed by atoms with Crippen LogP contribution in [0.15, 0.2) is 0 Å². The van der Waals surface area contributed by atoms with E-state index in [9.17, 15) is 0 Å².